The highest BCUT2D eigenvalue weighted by atomic mass is 16.4. The molecule has 4 rings (SSSR count). The Bertz CT molecular complexity index is 849. The molecule has 0 saturated heterocycles. The van der Waals surface area contributed by atoms with Gasteiger partial charge >= 0.3 is 5.97 Å². The Labute approximate surface area is 142 Å². The number of hydrogen-bond acceptors (Lipinski definition) is 2. The molecule has 1 saturated carbocycles. The standard InChI is InChI=1S/C21H21NO2/c1-12(7-14-3-6-20(21(23)24)22-11-14)17-10-19-16-5-4-15(9-16)18(19)8-13(17)2/h3,6-8,10-11,15-16H,4-5,9H2,1-2H3,(H,23,24)/b12-7-. The van der Waals surface area contributed by atoms with Crippen molar-refractivity contribution in [2.45, 2.75) is 44.9 Å². The lowest BCUT2D eigenvalue weighted by Crippen LogP contribution is -2.01. The van der Waals surface area contributed by atoms with Crippen molar-refractivity contribution in [1.29, 1.82) is 0 Å². The van der Waals surface area contributed by atoms with E-state index in [1.165, 1.54) is 36.0 Å². The summed E-state index contributed by atoms with van der Waals surface area (Å²) in [7, 11) is 0. The molecule has 1 aromatic carbocycles. The van der Waals surface area contributed by atoms with Gasteiger partial charge in [-0.25, -0.2) is 9.78 Å². The van der Waals surface area contributed by atoms with Gasteiger partial charge in [0.15, 0.2) is 0 Å². The molecule has 122 valence electrons. The number of rotatable bonds is 3. The number of aromatic nitrogens is 1. The second-order valence-corrected chi connectivity index (χ2v) is 7.11. The minimum atomic E-state index is -0.994. The topological polar surface area (TPSA) is 50.2 Å². The molecule has 0 radical (unpaired) electrons. The molecule has 0 spiro atoms. The molecule has 2 unspecified atom stereocenters. The molecule has 2 aromatic rings. The quantitative estimate of drug-likeness (QED) is 0.865. The van der Waals surface area contributed by atoms with Crippen molar-refractivity contribution in [3.8, 4) is 0 Å². The Kier molecular flexibility index (Phi) is 3.52. The van der Waals surface area contributed by atoms with Crippen molar-refractivity contribution >= 4 is 17.6 Å². The summed E-state index contributed by atoms with van der Waals surface area (Å²) in [5.41, 5.74) is 7.96. The summed E-state index contributed by atoms with van der Waals surface area (Å²) in [5, 5.41) is 8.94. The zero-order valence-corrected chi connectivity index (χ0v) is 14.0. The predicted octanol–water partition coefficient (Wildman–Crippen LogP) is 5.01. The third kappa shape index (κ3) is 2.44. The van der Waals surface area contributed by atoms with E-state index in [0.717, 1.165) is 17.4 Å². The Morgan fingerprint density at radius 3 is 2.54 bits per heavy atom. The van der Waals surface area contributed by atoms with Gasteiger partial charge in [0, 0.05) is 6.20 Å². The van der Waals surface area contributed by atoms with E-state index in [4.69, 9.17) is 5.11 Å². The third-order valence-electron chi connectivity index (χ3n) is 5.56. The minimum Gasteiger partial charge on any atom is -0.477 e. The first-order valence-electron chi connectivity index (χ1n) is 8.55. The summed E-state index contributed by atoms with van der Waals surface area (Å²) < 4.78 is 0. The average Bonchev–Trinajstić information content (AvgIpc) is 3.16. The zero-order valence-electron chi connectivity index (χ0n) is 14.0. The fourth-order valence-electron chi connectivity index (χ4n) is 4.37. The molecular weight excluding hydrogens is 298 g/mol. The van der Waals surface area contributed by atoms with E-state index in [9.17, 15) is 4.79 Å². The molecule has 2 bridgehead atoms. The van der Waals surface area contributed by atoms with Crippen LogP contribution in [-0.4, -0.2) is 16.1 Å². The number of aromatic carboxylic acids is 1. The van der Waals surface area contributed by atoms with Crippen molar-refractivity contribution in [2.24, 2.45) is 0 Å². The van der Waals surface area contributed by atoms with Gasteiger partial charge in [-0.3, -0.25) is 0 Å². The summed E-state index contributed by atoms with van der Waals surface area (Å²) in [6.45, 7) is 4.30. The normalized spacial score (nSPS) is 21.8. The third-order valence-corrected chi connectivity index (χ3v) is 5.56. The van der Waals surface area contributed by atoms with E-state index in [2.05, 4.69) is 37.0 Å². The van der Waals surface area contributed by atoms with Crippen molar-refractivity contribution in [2.75, 3.05) is 0 Å². The molecule has 1 heterocycles. The summed E-state index contributed by atoms with van der Waals surface area (Å²) in [6.07, 6.45) is 7.73. The molecule has 3 heteroatoms. The average molecular weight is 319 g/mol. The number of carboxylic acid groups (broad SMARTS) is 1. The number of aryl methyl sites for hydroxylation is 1. The fraction of sp³-hybridized carbons (Fsp3) is 0.333. The first kappa shape index (κ1) is 15.1. The van der Waals surface area contributed by atoms with Crippen LogP contribution < -0.4 is 0 Å². The lowest BCUT2D eigenvalue weighted by atomic mass is 9.86. The SMILES string of the molecule is C/C(=C/c1ccc(C(=O)O)nc1)c1cc2c(cc1C)C1CCC2C1. The van der Waals surface area contributed by atoms with Gasteiger partial charge in [0.05, 0.1) is 0 Å². The van der Waals surface area contributed by atoms with Gasteiger partial charge in [-0.15, -0.1) is 0 Å². The number of carbonyl (C=O) groups is 1. The van der Waals surface area contributed by atoms with E-state index in [0.29, 0.717) is 0 Å². The van der Waals surface area contributed by atoms with Gasteiger partial charge in [-0.1, -0.05) is 18.2 Å². The fourth-order valence-corrected chi connectivity index (χ4v) is 4.37. The molecule has 2 aliphatic carbocycles. The second-order valence-electron chi connectivity index (χ2n) is 7.11. The Morgan fingerprint density at radius 2 is 1.92 bits per heavy atom. The first-order valence-corrected chi connectivity index (χ1v) is 8.55. The van der Waals surface area contributed by atoms with Crippen LogP contribution in [0.25, 0.3) is 11.6 Å². The maximum atomic E-state index is 10.9. The number of benzene rings is 1. The second kappa shape index (κ2) is 5.59. The molecule has 0 amide bonds. The predicted molar refractivity (Wildman–Crippen MR) is 95.3 cm³/mol. The Morgan fingerprint density at radius 1 is 1.21 bits per heavy atom. The number of nitrogens with zero attached hydrogens (tertiary/aromatic N) is 1. The van der Waals surface area contributed by atoms with E-state index >= 15 is 0 Å². The number of pyridine rings is 1. The van der Waals surface area contributed by atoms with Gasteiger partial charge in [-0.05, 0) is 90.5 Å². The smallest absolute Gasteiger partial charge is 0.354 e. The lowest BCUT2D eigenvalue weighted by molar-refractivity contribution is 0.0690. The Balaban J connectivity index is 1.68. The van der Waals surface area contributed by atoms with Crippen LogP contribution in [0.2, 0.25) is 0 Å². The maximum absolute atomic E-state index is 10.9. The molecule has 0 aliphatic heterocycles. The van der Waals surface area contributed by atoms with Gasteiger partial charge < -0.3 is 5.11 Å². The van der Waals surface area contributed by atoms with Crippen molar-refractivity contribution < 1.29 is 9.90 Å². The van der Waals surface area contributed by atoms with Crippen LogP contribution in [-0.2, 0) is 0 Å². The molecule has 1 N–H and O–H groups in total. The molecule has 1 fully saturated rings. The first-order chi connectivity index (χ1) is 11.5. The summed E-state index contributed by atoms with van der Waals surface area (Å²) in [5.74, 6) is 0.551. The van der Waals surface area contributed by atoms with Crippen LogP contribution in [0.5, 0.6) is 0 Å². The number of allylic oxidation sites excluding steroid dienone is 1. The zero-order chi connectivity index (χ0) is 16.8. The van der Waals surface area contributed by atoms with Gasteiger partial charge in [-0.2, -0.15) is 0 Å². The number of hydrogen-bond donors (Lipinski definition) is 1. The summed E-state index contributed by atoms with van der Waals surface area (Å²) in [6, 6.07) is 8.14. The van der Waals surface area contributed by atoms with Crippen molar-refractivity contribution in [3.05, 3.63) is 64.0 Å². The van der Waals surface area contributed by atoms with Crippen molar-refractivity contribution in [1.82, 2.24) is 4.98 Å². The van der Waals surface area contributed by atoms with Crippen LogP contribution >= 0.6 is 0 Å². The van der Waals surface area contributed by atoms with E-state index < -0.39 is 5.97 Å². The molecule has 3 nitrogen and oxygen atoms in total. The van der Waals surface area contributed by atoms with Crippen LogP contribution in [0.1, 0.15) is 76.3 Å². The Hall–Kier alpha value is -2.42. The van der Waals surface area contributed by atoms with Crippen LogP contribution in [0.4, 0.5) is 0 Å². The van der Waals surface area contributed by atoms with Crippen LogP contribution in [0.3, 0.4) is 0 Å². The molecule has 2 aliphatic rings. The highest BCUT2D eigenvalue weighted by Crippen LogP contribution is 2.53. The summed E-state index contributed by atoms with van der Waals surface area (Å²) in [4.78, 5) is 14.9. The monoisotopic (exact) mass is 319 g/mol. The highest BCUT2D eigenvalue weighted by Gasteiger charge is 2.37. The lowest BCUT2D eigenvalue weighted by Gasteiger charge is -2.18. The van der Waals surface area contributed by atoms with Gasteiger partial charge in [0.2, 0.25) is 0 Å². The molecular formula is C21H21NO2. The largest absolute Gasteiger partial charge is 0.477 e. The van der Waals surface area contributed by atoms with Crippen LogP contribution in [0, 0.1) is 6.92 Å². The van der Waals surface area contributed by atoms with Gasteiger partial charge in [0.25, 0.3) is 0 Å². The van der Waals surface area contributed by atoms with E-state index in [-0.39, 0.29) is 5.69 Å². The van der Waals surface area contributed by atoms with E-state index in [1.54, 1.807) is 23.4 Å². The maximum Gasteiger partial charge on any atom is 0.354 e. The molecule has 24 heavy (non-hydrogen) atoms. The summed E-state index contributed by atoms with van der Waals surface area (Å²) >= 11 is 0. The van der Waals surface area contributed by atoms with Gasteiger partial charge in [0.1, 0.15) is 5.69 Å². The number of fused-ring (bicyclic) bond motifs is 5. The molecule has 1 aromatic heterocycles. The van der Waals surface area contributed by atoms with E-state index in [1.807, 2.05) is 6.07 Å². The van der Waals surface area contributed by atoms with Crippen molar-refractivity contribution in [3.63, 3.8) is 0 Å². The highest BCUT2D eigenvalue weighted by molar-refractivity contribution is 5.86. The minimum absolute atomic E-state index is 0.0783. The number of carboxylic acids is 1. The molecule has 2 atom stereocenters. The van der Waals surface area contributed by atoms with Crippen LogP contribution in [0.15, 0.2) is 30.5 Å².